The van der Waals surface area contributed by atoms with Crippen LogP contribution in [0.3, 0.4) is 0 Å². The van der Waals surface area contributed by atoms with Crippen LogP contribution in [0.15, 0.2) is 12.1 Å². The Morgan fingerprint density at radius 2 is 1.94 bits per heavy atom. The fraction of sp³-hybridized carbons (Fsp3) is 0.417. The third kappa shape index (κ3) is 2.32. The summed E-state index contributed by atoms with van der Waals surface area (Å²) in [6, 6.07) is 2.42. The van der Waals surface area contributed by atoms with E-state index in [2.05, 4.69) is 0 Å². The van der Waals surface area contributed by atoms with Gasteiger partial charge >= 0.3 is 0 Å². The van der Waals surface area contributed by atoms with E-state index >= 15 is 0 Å². The molecule has 96 valence electrons. The summed E-state index contributed by atoms with van der Waals surface area (Å²) in [6.07, 6.45) is 0.765. The van der Waals surface area contributed by atoms with Gasteiger partial charge < -0.3 is 4.90 Å². The molecule has 1 aliphatic rings. The van der Waals surface area contributed by atoms with Gasteiger partial charge in [-0.1, -0.05) is 0 Å². The van der Waals surface area contributed by atoms with Crippen LogP contribution in [0, 0.1) is 22.9 Å². The van der Waals surface area contributed by atoms with Crippen LogP contribution in [-0.4, -0.2) is 23.8 Å². The molecule has 1 heterocycles. The molecule has 0 atom stereocenters. The molecule has 0 bridgehead atoms. The Balaban J connectivity index is 2.39. The first kappa shape index (κ1) is 12.5. The maximum Gasteiger partial charge on any atom is 0.295 e. The van der Waals surface area contributed by atoms with E-state index in [1.54, 1.807) is 11.8 Å². The molecule has 6 heteroatoms. The Hall–Kier alpha value is -1.98. The van der Waals surface area contributed by atoms with Gasteiger partial charge in [0.05, 0.1) is 11.0 Å². The largest absolute Gasteiger partial charge is 0.365 e. The maximum absolute atomic E-state index is 13.4. The predicted molar refractivity (Wildman–Crippen MR) is 64.2 cm³/mol. The monoisotopic (exact) mass is 252 g/mol. The summed E-state index contributed by atoms with van der Waals surface area (Å²) in [5.74, 6) is -0.425. The summed E-state index contributed by atoms with van der Waals surface area (Å²) in [5.41, 5.74) is 0.520. The zero-order valence-electron chi connectivity index (χ0n) is 9.98. The van der Waals surface area contributed by atoms with Crippen LogP contribution in [0.5, 0.6) is 0 Å². The summed E-state index contributed by atoms with van der Waals surface area (Å²) < 4.78 is 13.4. The van der Waals surface area contributed by atoms with Crippen molar-refractivity contribution < 1.29 is 14.1 Å². The molecule has 1 aromatic carbocycles. The van der Waals surface area contributed by atoms with E-state index < -0.39 is 10.7 Å². The topological polar surface area (TPSA) is 63.5 Å². The molecule has 2 rings (SSSR count). The average Bonchev–Trinajstić information content (AvgIpc) is 2.33. The Labute approximate surface area is 103 Å². The molecule has 0 radical (unpaired) electrons. The summed E-state index contributed by atoms with van der Waals surface area (Å²) >= 11 is 0. The van der Waals surface area contributed by atoms with E-state index in [0.717, 1.165) is 6.07 Å². The first-order valence-corrected chi connectivity index (χ1v) is 5.70. The van der Waals surface area contributed by atoms with Crippen LogP contribution >= 0.6 is 0 Å². The van der Waals surface area contributed by atoms with E-state index in [-0.39, 0.29) is 11.5 Å². The lowest BCUT2D eigenvalue weighted by Crippen LogP contribution is -2.34. The first-order valence-electron chi connectivity index (χ1n) is 5.70. The van der Waals surface area contributed by atoms with E-state index in [4.69, 9.17) is 0 Å². The molecule has 5 nitrogen and oxygen atoms in total. The van der Waals surface area contributed by atoms with Gasteiger partial charge in [0.25, 0.3) is 5.69 Å². The Morgan fingerprint density at radius 1 is 1.33 bits per heavy atom. The number of nitrogens with zero attached hydrogens (tertiary/aromatic N) is 2. The van der Waals surface area contributed by atoms with Gasteiger partial charge in [0, 0.05) is 25.9 Å². The molecule has 0 saturated carbocycles. The van der Waals surface area contributed by atoms with Crippen LogP contribution in [0.4, 0.5) is 15.8 Å². The number of hydrogen-bond acceptors (Lipinski definition) is 4. The Kier molecular flexibility index (Phi) is 3.27. The lowest BCUT2D eigenvalue weighted by atomic mass is 10.1. The number of benzene rings is 1. The van der Waals surface area contributed by atoms with E-state index in [1.807, 2.05) is 0 Å². The van der Waals surface area contributed by atoms with Gasteiger partial charge in [0.1, 0.15) is 17.3 Å². The average molecular weight is 252 g/mol. The number of ketones is 1. The van der Waals surface area contributed by atoms with Crippen molar-refractivity contribution >= 4 is 17.2 Å². The van der Waals surface area contributed by atoms with Crippen molar-refractivity contribution in [2.24, 2.45) is 0 Å². The van der Waals surface area contributed by atoms with E-state index in [0.29, 0.717) is 37.2 Å². The number of rotatable bonds is 2. The fourth-order valence-electron chi connectivity index (χ4n) is 2.05. The van der Waals surface area contributed by atoms with Crippen LogP contribution in [0.2, 0.25) is 0 Å². The summed E-state index contributed by atoms with van der Waals surface area (Å²) in [4.78, 5) is 23.3. The second-order valence-electron chi connectivity index (χ2n) is 4.37. The van der Waals surface area contributed by atoms with Gasteiger partial charge in [-0.25, -0.2) is 4.39 Å². The van der Waals surface area contributed by atoms with Gasteiger partial charge in [0.2, 0.25) is 0 Å². The highest BCUT2D eigenvalue weighted by Gasteiger charge is 2.25. The number of hydrogen-bond donors (Lipinski definition) is 0. The standard InChI is InChI=1S/C12H13FN2O3/c1-8-6-11(12(15(17)18)7-10(8)13)14-4-2-9(16)3-5-14/h6-7H,2-5H2,1H3. The number of nitro benzene ring substituents is 1. The minimum Gasteiger partial charge on any atom is -0.365 e. The van der Waals surface area contributed by atoms with Crippen molar-refractivity contribution in [2.75, 3.05) is 18.0 Å². The second kappa shape index (κ2) is 4.72. The van der Waals surface area contributed by atoms with Gasteiger partial charge in [-0.2, -0.15) is 0 Å². The van der Waals surface area contributed by atoms with Crippen molar-refractivity contribution in [3.63, 3.8) is 0 Å². The van der Waals surface area contributed by atoms with Crippen molar-refractivity contribution in [2.45, 2.75) is 19.8 Å². The molecule has 0 spiro atoms. The fourth-order valence-corrected chi connectivity index (χ4v) is 2.05. The Morgan fingerprint density at radius 3 is 2.50 bits per heavy atom. The number of carbonyl (C=O) groups excluding carboxylic acids is 1. The molecular formula is C12H13FN2O3. The van der Waals surface area contributed by atoms with Crippen LogP contribution < -0.4 is 4.90 Å². The normalized spacial score (nSPS) is 15.9. The summed E-state index contributed by atoms with van der Waals surface area (Å²) in [5, 5.41) is 10.9. The lowest BCUT2D eigenvalue weighted by molar-refractivity contribution is -0.384. The molecule has 0 aliphatic carbocycles. The van der Waals surface area contributed by atoms with Crippen LogP contribution in [0.25, 0.3) is 0 Å². The number of Topliss-reactive ketones (excluding diaryl/α,β-unsaturated/α-hetero) is 1. The maximum atomic E-state index is 13.4. The minimum atomic E-state index is -0.589. The number of piperidine rings is 1. The lowest BCUT2D eigenvalue weighted by Gasteiger charge is -2.28. The van der Waals surface area contributed by atoms with Gasteiger partial charge in [-0.3, -0.25) is 14.9 Å². The third-order valence-corrected chi connectivity index (χ3v) is 3.11. The first-order chi connectivity index (χ1) is 8.49. The second-order valence-corrected chi connectivity index (χ2v) is 4.37. The summed E-state index contributed by atoms with van der Waals surface area (Å²) in [6.45, 7) is 2.47. The number of anilines is 1. The zero-order valence-corrected chi connectivity index (χ0v) is 9.98. The quantitative estimate of drug-likeness (QED) is 0.598. The minimum absolute atomic E-state index is 0.160. The highest BCUT2D eigenvalue weighted by Crippen LogP contribution is 2.32. The van der Waals surface area contributed by atoms with Crippen LogP contribution in [-0.2, 0) is 4.79 Å². The highest BCUT2D eigenvalue weighted by atomic mass is 19.1. The predicted octanol–water partition coefficient (Wildman–Crippen LogP) is 2.21. The van der Waals surface area contributed by atoms with E-state index in [9.17, 15) is 19.3 Å². The molecule has 0 N–H and O–H groups in total. The number of carbonyl (C=O) groups is 1. The number of nitro groups is 1. The molecular weight excluding hydrogens is 239 g/mol. The Bertz CT molecular complexity index is 506. The zero-order chi connectivity index (χ0) is 13.3. The van der Waals surface area contributed by atoms with Gasteiger partial charge in [-0.05, 0) is 18.6 Å². The third-order valence-electron chi connectivity index (χ3n) is 3.11. The van der Waals surface area contributed by atoms with Crippen LogP contribution in [0.1, 0.15) is 18.4 Å². The van der Waals surface area contributed by atoms with Gasteiger partial charge in [-0.15, -0.1) is 0 Å². The van der Waals surface area contributed by atoms with Crippen molar-refractivity contribution in [3.05, 3.63) is 33.6 Å². The number of halogens is 1. The van der Waals surface area contributed by atoms with E-state index in [1.165, 1.54) is 6.07 Å². The molecule has 0 aromatic heterocycles. The molecule has 0 amide bonds. The molecule has 1 fully saturated rings. The van der Waals surface area contributed by atoms with Crippen molar-refractivity contribution in [1.82, 2.24) is 0 Å². The molecule has 1 saturated heterocycles. The molecule has 1 aromatic rings. The smallest absolute Gasteiger partial charge is 0.295 e. The molecule has 18 heavy (non-hydrogen) atoms. The number of aryl methyl sites for hydroxylation is 1. The molecule has 1 aliphatic heterocycles. The SMILES string of the molecule is Cc1cc(N2CCC(=O)CC2)c([N+](=O)[O-])cc1F. The summed E-state index contributed by atoms with van der Waals surface area (Å²) in [7, 11) is 0. The highest BCUT2D eigenvalue weighted by molar-refractivity contribution is 5.81. The van der Waals surface area contributed by atoms with Crippen molar-refractivity contribution in [3.8, 4) is 0 Å². The molecule has 0 unspecified atom stereocenters. The van der Waals surface area contributed by atoms with Crippen molar-refractivity contribution in [1.29, 1.82) is 0 Å². The van der Waals surface area contributed by atoms with Gasteiger partial charge in [0.15, 0.2) is 0 Å².